The number of carbonyl (C=O) groups excluding carboxylic acids is 1. The molecule has 1 amide bonds. The van der Waals surface area contributed by atoms with E-state index in [1.807, 2.05) is 33.9 Å². The SMILES string of the molecule is O=C(c1cccc(Cn2ccnc2)c1)N1CCO[C@@H]2CCCC[C@H]21. The summed E-state index contributed by atoms with van der Waals surface area (Å²) >= 11 is 0. The number of ether oxygens (including phenoxy) is 1. The molecule has 0 bridgehead atoms. The molecule has 1 saturated carbocycles. The molecular weight excluding hydrogens is 302 g/mol. The average Bonchev–Trinajstić information content (AvgIpc) is 3.14. The van der Waals surface area contributed by atoms with Gasteiger partial charge in [-0.05, 0) is 30.5 Å². The van der Waals surface area contributed by atoms with Crippen molar-refractivity contribution in [2.24, 2.45) is 0 Å². The molecule has 1 aliphatic carbocycles. The molecule has 2 atom stereocenters. The number of rotatable bonds is 3. The van der Waals surface area contributed by atoms with Gasteiger partial charge in [-0.15, -0.1) is 0 Å². The Morgan fingerprint density at radius 2 is 2.21 bits per heavy atom. The third kappa shape index (κ3) is 3.08. The number of aromatic nitrogens is 2. The fourth-order valence-corrected chi connectivity index (χ4v) is 3.91. The number of nitrogens with zero attached hydrogens (tertiary/aromatic N) is 3. The van der Waals surface area contributed by atoms with E-state index in [9.17, 15) is 4.79 Å². The van der Waals surface area contributed by atoms with Crippen LogP contribution >= 0.6 is 0 Å². The van der Waals surface area contributed by atoms with Crippen molar-refractivity contribution in [1.82, 2.24) is 14.5 Å². The summed E-state index contributed by atoms with van der Waals surface area (Å²) in [5.41, 5.74) is 1.89. The highest BCUT2D eigenvalue weighted by molar-refractivity contribution is 5.94. The monoisotopic (exact) mass is 325 g/mol. The van der Waals surface area contributed by atoms with Crippen LogP contribution in [-0.4, -0.2) is 45.7 Å². The van der Waals surface area contributed by atoms with Crippen LogP contribution in [-0.2, 0) is 11.3 Å². The summed E-state index contributed by atoms with van der Waals surface area (Å²) < 4.78 is 7.90. The topological polar surface area (TPSA) is 47.4 Å². The number of hydrogen-bond acceptors (Lipinski definition) is 3. The van der Waals surface area contributed by atoms with Crippen LogP contribution in [0.3, 0.4) is 0 Å². The molecule has 2 aliphatic rings. The van der Waals surface area contributed by atoms with Crippen LogP contribution in [0.5, 0.6) is 0 Å². The van der Waals surface area contributed by atoms with E-state index in [-0.39, 0.29) is 18.1 Å². The predicted molar refractivity (Wildman–Crippen MR) is 90.8 cm³/mol. The zero-order valence-corrected chi connectivity index (χ0v) is 13.8. The Hall–Kier alpha value is -2.14. The maximum atomic E-state index is 13.1. The average molecular weight is 325 g/mol. The molecule has 0 spiro atoms. The van der Waals surface area contributed by atoms with Crippen molar-refractivity contribution in [3.63, 3.8) is 0 Å². The summed E-state index contributed by atoms with van der Waals surface area (Å²) in [6, 6.07) is 8.21. The van der Waals surface area contributed by atoms with E-state index in [2.05, 4.69) is 11.1 Å². The summed E-state index contributed by atoms with van der Waals surface area (Å²) in [6.07, 6.45) is 10.3. The van der Waals surface area contributed by atoms with E-state index < -0.39 is 0 Å². The highest BCUT2D eigenvalue weighted by atomic mass is 16.5. The highest BCUT2D eigenvalue weighted by Crippen LogP contribution is 2.29. The Morgan fingerprint density at radius 3 is 3.08 bits per heavy atom. The molecule has 1 aliphatic heterocycles. The Balaban J connectivity index is 1.53. The van der Waals surface area contributed by atoms with Gasteiger partial charge in [0.05, 0.1) is 25.1 Å². The highest BCUT2D eigenvalue weighted by Gasteiger charge is 2.36. The maximum absolute atomic E-state index is 13.1. The van der Waals surface area contributed by atoms with Crippen molar-refractivity contribution in [1.29, 1.82) is 0 Å². The van der Waals surface area contributed by atoms with Gasteiger partial charge < -0.3 is 14.2 Å². The quantitative estimate of drug-likeness (QED) is 0.872. The second-order valence-electron chi connectivity index (χ2n) is 6.69. The molecule has 1 aromatic heterocycles. The number of fused-ring (bicyclic) bond motifs is 1. The van der Waals surface area contributed by atoms with Gasteiger partial charge in [-0.2, -0.15) is 0 Å². The van der Waals surface area contributed by atoms with Crippen molar-refractivity contribution in [2.45, 2.75) is 44.4 Å². The van der Waals surface area contributed by atoms with E-state index >= 15 is 0 Å². The predicted octanol–water partition coefficient (Wildman–Crippen LogP) is 2.72. The molecule has 126 valence electrons. The first-order chi connectivity index (χ1) is 11.8. The van der Waals surface area contributed by atoms with Gasteiger partial charge in [0.25, 0.3) is 5.91 Å². The van der Waals surface area contributed by atoms with Crippen LogP contribution in [0.4, 0.5) is 0 Å². The summed E-state index contributed by atoms with van der Waals surface area (Å²) in [5.74, 6) is 0.141. The fourth-order valence-electron chi connectivity index (χ4n) is 3.91. The van der Waals surface area contributed by atoms with Crippen LogP contribution < -0.4 is 0 Å². The molecule has 2 heterocycles. The fraction of sp³-hybridized carbons (Fsp3) is 0.474. The molecule has 2 aromatic rings. The van der Waals surface area contributed by atoms with E-state index in [4.69, 9.17) is 4.74 Å². The van der Waals surface area contributed by atoms with E-state index in [1.165, 1.54) is 12.8 Å². The van der Waals surface area contributed by atoms with Crippen molar-refractivity contribution in [3.8, 4) is 0 Å². The van der Waals surface area contributed by atoms with Gasteiger partial charge in [-0.3, -0.25) is 4.79 Å². The molecule has 0 radical (unpaired) electrons. The number of morpholine rings is 1. The maximum Gasteiger partial charge on any atom is 0.254 e. The second kappa shape index (κ2) is 6.77. The van der Waals surface area contributed by atoms with Crippen LogP contribution in [0, 0.1) is 0 Å². The van der Waals surface area contributed by atoms with Crippen molar-refractivity contribution < 1.29 is 9.53 Å². The third-order valence-electron chi connectivity index (χ3n) is 5.09. The Labute approximate surface area is 142 Å². The molecule has 5 heteroatoms. The minimum atomic E-state index is 0.141. The first-order valence-corrected chi connectivity index (χ1v) is 8.78. The first-order valence-electron chi connectivity index (χ1n) is 8.78. The van der Waals surface area contributed by atoms with Crippen molar-refractivity contribution in [2.75, 3.05) is 13.2 Å². The molecular formula is C19H23N3O2. The van der Waals surface area contributed by atoms with Crippen LogP contribution in [0.15, 0.2) is 43.0 Å². The second-order valence-corrected chi connectivity index (χ2v) is 6.69. The number of benzene rings is 1. The molecule has 2 fully saturated rings. The lowest BCUT2D eigenvalue weighted by Gasteiger charge is -2.43. The number of hydrogen-bond donors (Lipinski definition) is 0. The molecule has 4 rings (SSSR count). The molecule has 1 saturated heterocycles. The van der Waals surface area contributed by atoms with Crippen molar-refractivity contribution >= 4 is 5.91 Å². The normalized spacial score (nSPS) is 23.8. The number of amides is 1. The summed E-state index contributed by atoms with van der Waals surface area (Å²) in [7, 11) is 0. The molecule has 0 unspecified atom stereocenters. The van der Waals surface area contributed by atoms with Gasteiger partial charge in [-0.25, -0.2) is 4.98 Å². The molecule has 0 N–H and O–H groups in total. The third-order valence-corrected chi connectivity index (χ3v) is 5.09. The minimum Gasteiger partial charge on any atom is -0.374 e. The molecule has 24 heavy (non-hydrogen) atoms. The van der Waals surface area contributed by atoms with Gasteiger partial charge in [0, 0.05) is 31.0 Å². The van der Waals surface area contributed by atoms with Gasteiger partial charge in [-0.1, -0.05) is 25.0 Å². The lowest BCUT2D eigenvalue weighted by Crippen LogP contribution is -2.54. The van der Waals surface area contributed by atoms with Crippen molar-refractivity contribution in [3.05, 3.63) is 54.1 Å². The lowest BCUT2D eigenvalue weighted by molar-refractivity contribution is -0.0752. The molecule has 5 nitrogen and oxygen atoms in total. The Morgan fingerprint density at radius 1 is 1.29 bits per heavy atom. The van der Waals surface area contributed by atoms with E-state index in [0.717, 1.165) is 30.5 Å². The van der Waals surface area contributed by atoms with E-state index in [0.29, 0.717) is 13.2 Å². The van der Waals surface area contributed by atoms with Gasteiger partial charge in [0.2, 0.25) is 0 Å². The Bertz CT molecular complexity index is 696. The number of imidazole rings is 1. The first kappa shape index (κ1) is 15.4. The summed E-state index contributed by atoms with van der Waals surface area (Å²) in [6.45, 7) is 2.09. The number of carbonyl (C=O) groups is 1. The summed E-state index contributed by atoms with van der Waals surface area (Å²) in [4.78, 5) is 19.2. The lowest BCUT2D eigenvalue weighted by atomic mass is 9.89. The zero-order chi connectivity index (χ0) is 16.4. The smallest absolute Gasteiger partial charge is 0.254 e. The largest absolute Gasteiger partial charge is 0.374 e. The minimum absolute atomic E-state index is 0.141. The zero-order valence-electron chi connectivity index (χ0n) is 13.8. The van der Waals surface area contributed by atoms with E-state index in [1.54, 1.807) is 12.5 Å². The standard InChI is InChI=1S/C19H23N3O2/c23-19(22-10-11-24-18-7-2-1-6-17(18)22)16-5-3-4-15(12-16)13-21-9-8-20-14-21/h3-5,8-9,12,14,17-18H,1-2,6-7,10-11,13H2/t17-,18-/m1/s1. The van der Waals surface area contributed by atoms with Crippen LogP contribution in [0.1, 0.15) is 41.6 Å². The Kier molecular flexibility index (Phi) is 4.34. The van der Waals surface area contributed by atoms with Gasteiger partial charge in [0.1, 0.15) is 0 Å². The van der Waals surface area contributed by atoms with Crippen LogP contribution in [0.25, 0.3) is 0 Å². The van der Waals surface area contributed by atoms with Crippen LogP contribution in [0.2, 0.25) is 0 Å². The molecule has 1 aromatic carbocycles. The summed E-state index contributed by atoms with van der Waals surface area (Å²) in [5, 5.41) is 0. The van der Waals surface area contributed by atoms with Gasteiger partial charge >= 0.3 is 0 Å². The van der Waals surface area contributed by atoms with Gasteiger partial charge in [0.15, 0.2) is 0 Å².